The number of benzene rings is 1. The number of rotatable bonds is 5. The van der Waals surface area contributed by atoms with E-state index in [1.165, 1.54) is 0 Å². The number of nitrogens with zero attached hydrogens (tertiary/aromatic N) is 3. The Hall–Kier alpha value is -2.49. The summed E-state index contributed by atoms with van der Waals surface area (Å²) in [4.78, 5) is 11.6. The molecule has 0 saturated heterocycles. The first kappa shape index (κ1) is 18.3. The zero-order valence-corrected chi connectivity index (χ0v) is 14.7. The molecule has 1 aromatic carbocycles. The Kier molecular flexibility index (Phi) is 4.94. The van der Waals surface area contributed by atoms with Crippen LogP contribution in [-0.2, 0) is 4.79 Å². The van der Waals surface area contributed by atoms with Gasteiger partial charge in [-0.05, 0) is 30.7 Å². The van der Waals surface area contributed by atoms with Crippen molar-refractivity contribution in [3.63, 3.8) is 0 Å². The second-order valence-electron chi connectivity index (χ2n) is 5.57. The molecular formula is C16H15F3N4O2S. The molecule has 1 N–H and O–H groups in total. The van der Waals surface area contributed by atoms with Gasteiger partial charge in [-0.15, -0.1) is 10.2 Å². The van der Waals surface area contributed by atoms with E-state index in [2.05, 4.69) is 10.2 Å². The Morgan fingerprint density at radius 1 is 1.31 bits per heavy atom. The number of nitrogens with one attached hydrogen (secondary N) is 1. The topological polar surface area (TPSA) is 68.5 Å². The van der Waals surface area contributed by atoms with Crippen LogP contribution in [0.2, 0.25) is 0 Å². The fourth-order valence-electron chi connectivity index (χ4n) is 2.50. The molecule has 0 saturated carbocycles. The van der Waals surface area contributed by atoms with E-state index in [-0.39, 0.29) is 5.75 Å². The van der Waals surface area contributed by atoms with Crippen LogP contribution >= 0.6 is 11.8 Å². The predicted molar refractivity (Wildman–Crippen MR) is 91.6 cm³/mol. The molecule has 2 heterocycles. The molecule has 10 heteroatoms. The van der Waals surface area contributed by atoms with E-state index in [0.717, 1.165) is 28.2 Å². The van der Waals surface area contributed by atoms with Crippen LogP contribution < -0.4 is 10.1 Å². The smallest absolute Gasteiger partial charge is 0.405 e. The summed E-state index contributed by atoms with van der Waals surface area (Å²) in [5.74, 6) is -0.272. The van der Waals surface area contributed by atoms with Gasteiger partial charge in [0.2, 0.25) is 5.91 Å². The van der Waals surface area contributed by atoms with E-state index in [1.807, 2.05) is 36.5 Å². The van der Waals surface area contributed by atoms with Crippen LogP contribution in [-0.4, -0.2) is 46.1 Å². The Bertz CT molecular complexity index is 971. The summed E-state index contributed by atoms with van der Waals surface area (Å²) in [6, 6.07) is 7.43. The van der Waals surface area contributed by atoms with Crippen molar-refractivity contribution in [3.8, 4) is 5.75 Å². The number of carbonyl (C=O) groups excluding carboxylic acids is 1. The summed E-state index contributed by atoms with van der Waals surface area (Å²) in [7, 11) is 1.56. The van der Waals surface area contributed by atoms with Gasteiger partial charge in [0.1, 0.15) is 12.3 Å². The lowest BCUT2D eigenvalue weighted by molar-refractivity contribution is -0.136. The Morgan fingerprint density at radius 2 is 2.08 bits per heavy atom. The molecule has 0 radical (unpaired) electrons. The molecule has 6 nitrogen and oxygen atoms in total. The van der Waals surface area contributed by atoms with E-state index in [4.69, 9.17) is 4.74 Å². The van der Waals surface area contributed by atoms with Gasteiger partial charge in [0.15, 0.2) is 10.8 Å². The quantitative estimate of drug-likeness (QED) is 0.685. The molecule has 3 rings (SSSR count). The van der Waals surface area contributed by atoms with E-state index in [0.29, 0.717) is 16.6 Å². The number of halogens is 3. The lowest BCUT2D eigenvalue weighted by Gasteiger charge is -2.10. The minimum Gasteiger partial charge on any atom is -0.497 e. The molecule has 0 bridgehead atoms. The van der Waals surface area contributed by atoms with Gasteiger partial charge in [0.05, 0.1) is 18.4 Å². The molecule has 2 aromatic heterocycles. The molecule has 1 amide bonds. The predicted octanol–water partition coefficient (Wildman–Crippen LogP) is 2.97. The van der Waals surface area contributed by atoms with Gasteiger partial charge in [-0.2, -0.15) is 13.2 Å². The fourth-order valence-corrected chi connectivity index (χ4v) is 3.28. The van der Waals surface area contributed by atoms with Crippen LogP contribution in [0.4, 0.5) is 13.2 Å². The SMILES string of the molecule is COc1ccc2c(C)cc3nnc(SCC(=O)NCC(F)(F)F)n3c2c1. The summed E-state index contributed by atoms with van der Waals surface area (Å²) in [5.41, 5.74) is 2.38. The number of thioether (sulfide) groups is 1. The maximum atomic E-state index is 12.2. The second kappa shape index (κ2) is 7.02. The summed E-state index contributed by atoms with van der Waals surface area (Å²) < 4.78 is 43.5. The van der Waals surface area contributed by atoms with Crippen LogP contribution in [0.3, 0.4) is 0 Å². The number of methoxy groups -OCH3 is 1. The zero-order chi connectivity index (χ0) is 18.9. The number of amides is 1. The van der Waals surface area contributed by atoms with Crippen LogP contribution in [0, 0.1) is 6.92 Å². The summed E-state index contributed by atoms with van der Waals surface area (Å²) in [5, 5.41) is 11.4. The first-order valence-corrected chi connectivity index (χ1v) is 8.56. The number of alkyl halides is 3. The van der Waals surface area contributed by atoms with Crippen molar-refractivity contribution in [2.75, 3.05) is 19.4 Å². The third-order valence-electron chi connectivity index (χ3n) is 3.69. The largest absolute Gasteiger partial charge is 0.497 e. The number of pyridine rings is 1. The molecule has 0 aliphatic rings. The number of hydrogen-bond donors (Lipinski definition) is 1. The van der Waals surface area contributed by atoms with E-state index in [9.17, 15) is 18.0 Å². The molecule has 0 fully saturated rings. The highest BCUT2D eigenvalue weighted by molar-refractivity contribution is 7.99. The zero-order valence-electron chi connectivity index (χ0n) is 13.9. The minimum absolute atomic E-state index is 0.198. The number of aromatic nitrogens is 3. The highest BCUT2D eigenvalue weighted by Gasteiger charge is 2.27. The van der Waals surface area contributed by atoms with Gasteiger partial charge in [-0.3, -0.25) is 9.20 Å². The highest BCUT2D eigenvalue weighted by atomic mass is 32.2. The highest BCUT2D eigenvalue weighted by Crippen LogP contribution is 2.28. The van der Waals surface area contributed by atoms with Gasteiger partial charge in [-0.25, -0.2) is 0 Å². The molecular weight excluding hydrogens is 369 g/mol. The number of hydrogen-bond acceptors (Lipinski definition) is 5. The average molecular weight is 384 g/mol. The molecule has 138 valence electrons. The van der Waals surface area contributed by atoms with Crippen LogP contribution in [0.15, 0.2) is 29.4 Å². The van der Waals surface area contributed by atoms with Crippen LogP contribution in [0.1, 0.15) is 5.56 Å². The first-order chi connectivity index (χ1) is 12.3. The molecule has 0 aliphatic carbocycles. The summed E-state index contributed by atoms with van der Waals surface area (Å²) in [6.45, 7) is 0.590. The third kappa shape index (κ3) is 3.85. The van der Waals surface area contributed by atoms with E-state index in [1.54, 1.807) is 11.5 Å². The van der Waals surface area contributed by atoms with Crippen molar-refractivity contribution in [1.82, 2.24) is 19.9 Å². The Balaban J connectivity index is 1.90. The molecule has 26 heavy (non-hydrogen) atoms. The standard InChI is InChI=1S/C16H15F3N4O2S/c1-9-5-13-21-22-15(26-7-14(24)20-8-16(17,18)19)23(13)12-6-10(25-2)3-4-11(9)12/h3-6H,7-8H2,1-2H3,(H,20,24). The number of aryl methyl sites for hydroxylation is 1. The lowest BCUT2D eigenvalue weighted by Crippen LogP contribution is -2.34. The van der Waals surface area contributed by atoms with Crippen molar-refractivity contribution >= 4 is 34.2 Å². The van der Waals surface area contributed by atoms with Crippen molar-refractivity contribution in [2.24, 2.45) is 0 Å². The molecule has 3 aromatic rings. The average Bonchev–Trinajstić information content (AvgIpc) is 3.00. The fraction of sp³-hybridized carbons (Fsp3) is 0.312. The molecule has 0 unspecified atom stereocenters. The summed E-state index contributed by atoms with van der Waals surface area (Å²) >= 11 is 1.02. The molecule has 0 spiro atoms. The molecule has 0 atom stereocenters. The second-order valence-corrected chi connectivity index (χ2v) is 6.51. The van der Waals surface area contributed by atoms with E-state index >= 15 is 0 Å². The third-order valence-corrected chi connectivity index (χ3v) is 4.62. The molecule has 0 aliphatic heterocycles. The van der Waals surface area contributed by atoms with Gasteiger partial charge in [0.25, 0.3) is 0 Å². The minimum atomic E-state index is -4.44. The Morgan fingerprint density at radius 3 is 2.77 bits per heavy atom. The van der Waals surface area contributed by atoms with Gasteiger partial charge < -0.3 is 10.1 Å². The number of fused-ring (bicyclic) bond motifs is 3. The van der Waals surface area contributed by atoms with Gasteiger partial charge in [-0.1, -0.05) is 11.8 Å². The van der Waals surface area contributed by atoms with Crippen molar-refractivity contribution in [3.05, 3.63) is 29.8 Å². The van der Waals surface area contributed by atoms with E-state index < -0.39 is 18.6 Å². The van der Waals surface area contributed by atoms with Crippen molar-refractivity contribution in [1.29, 1.82) is 0 Å². The van der Waals surface area contributed by atoms with Crippen molar-refractivity contribution in [2.45, 2.75) is 18.3 Å². The van der Waals surface area contributed by atoms with Gasteiger partial charge >= 0.3 is 6.18 Å². The van der Waals surface area contributed by atoms with Gasteiger partial charge in [0, 0.05) is 11.5 Å². The van der Waals surface area contributed by atoms with Crippen molar-refractivity contribution < 1.29 is 22.7 Å². The Labute approximate surface area is 150 Å². The van der Waals surface area contributed by atoms with Crippen LogP contribution in [0.5, 0.6) is 5.75 Å². The number of ether oxygens (including phenoxy) is 1. The first-order valence-electron chi connectivity index (χ1n) is 7.57. The maximum absolute atomic E-state index is 12.2. The van der Waals surface area contributed by atoms with Crippen LogP contribution in [0.25, 0.3) is 16.6 Å². The normalized spacial score (nSPS) is 11.9. The maximum Gasteiger partial charge on any atom is 0.405 e. The monoisotopic (exact) mass is 384 g/mol. The summed E-state index contributed by atoms with van der Waals surface area (Å²) in [6.07, 6.45) is -4.44. The number of carbonyl (C=O) groups is 1. The lowest BCUT2D eigenvalue weighted by atomic mass is 10.1.